The normalized spacial score (nSPS) is 10.9. The molecular weight excluding hydrogens is 436 g/mol. The third kappa shape index (κ3) is 6.61. The SMILES string of the molecule is CCOc1cc(/C=C(/C#N)c2ccc(C)cc2)cc(Cl)c1OCC(=O)Nc1ccc(C)cc1. The van der Waals surface area contributed by atoms with Gasteiger partial charge in [-0.25, -0.2) is 0 Å². The van der Waals surface area contributed by atoms with Gasteiger partial charge in [0.05, 0.1) is 23.3 Å². The van der Waals surface area contributed by atoms with Gasteiger partial charge in [-0.3, -0.25) is 4.79 Å². The van der Waals surface area contributed by atoms with E-state index in [1.165, 1.54) is 0 Å². The number of amides is 1. The van der Waals surface area contributed by atoms with Crippen LogP contribution >= 0.6 is 11.6 Å². The number of hydrogen-bond acceptors (Lipinski definition) is 4. The van der Waals surface area contributed by atoms with Crippen molar-refractivity contribution in [3.8, 4) is 17.6 Å². The molecule has 3 aromatic carbocycles. The second-order valence-corrected chi connectivity index (χ2v) is 7.91. The average molecular weight is 461 g/mol. The highest BCUT2D eigenvalue weighted by Gasteiger charge is 2.15. The molecule has 0 aromatic heterocycles. The van der Waals surface area contributed by atoms with Crippen LogP contribution in [0.1, 0.15) is 29.2 Å². The summed E-state index contributed by atoms with van der Waals surface area (Å²) in [6.07, 6.45) is 1.74. The van der Waals surface area contributed by atoms with Crippen LogP contribution in [0.3, 0.4) is 0 Å². The minimum Gasteiger partial charge on any atom is -0.490 e. The van der Waals surface area contributed by atoms with Crippen molar-refractivity contribution in [1.29, 1.82) is 5.26 Å². The first kappa shape index (κ1) is 23.9. The molecule has 0 saturated carbocycles. The van der Waals surface area contributed by atoms with Gasteiger partial charge in [0, 0.05) is 5.69 Å². The molecule has 5 nitrogen and oxygen atoms in total. The van der Waals surface area contributed by atoms with Crippen molar-refractivity contribution in [2.75, 3.05) is 18.5 Å². The Morgan fingerprint density at radius 1 is 1.03 bits per heavy atom. The molecule has 3 aromatic rings. The van der Waals surface area contributed by atoms with Crippen LogP contribution < -0.4 is 14.8 Å². The van der Waals surface area contributed by atoms with Crippen LogP contribution in [0.15, 0.2) is 60.7 Å². The third-order valence-electron chi connectivity index (χ3n) is 4.81. The van der Waals surface area contributed by atoms with Crippen molar-refractivity contribution in [2.45, 2.75) is 20.8 Å². The van der Waals surface area contributed by atoms with Crippen molar-refractivity contribution in [3.05, 3.63) is 87.9 Å². The maximum absolute atomic E-state index is 12.3. The lowest BCUT2D eigenvalue weighted by molar-refractivity contribution is -0.118. The fraction of sp³-hybridized carbons (Fsp3) is 0.185. The first-order valence-corrected chi connectivity index (χ1v) is 10.9. The topological polar surface area (TPSA) is 71.3 Å². The number of halogens is 1. The molecule has 0 bridgehead atoms. The number of aryl methyl sites for hydroxylation is 2. The van der Waals surface area contributed by atoms with Crippen LogP contribution in [0.25, 0.3) is 11.6 Å². The largest absolute Gasteiger partial charge is 0.490 e. The van der Waals surface area contributed by atoms with Crippen LogP contribution in [0, 0.1) is 25.2 Å². The fourth-order valence-corrected chi connectivity index (χ4v) is 3.40. The van der Waals surface area contributed by atoms with Crippen molar-refractivity contribution >= 4 is 34.8 Å². The number of hydrogen-bond donors (Lipinski definition) is 1. The van der Waals surface area contributed by atoms with Crippen LogP contribution in [-0.4, -0.2) is 19.1 Å². The predicted octanol–water partition coefficient (Wildman–Crippen LogP) is 6.44. The zero-order valence-corrected chi connectivity index (χ0v) is 19.6. The molecule has 0 aliphatic rings. The van der Waals surface area contributed by atoms with Crippen LogP contribution in [0.5, 0.6) is 11.5 Å². The highest BCUT2D eigenvalue weighted by Crippen LogP contribution is 2.37. The van der Waals surface area contributed by atoms with Gasteiger partial charge in [-0.2, -0.15) is 5.26 Å². The maximum Gasteiger partial charge on any atom is 0.262 e. The van der Waals surface area contributed by atoms with Crippen LogP contribution in [0.2, 0.25) is 5.02 Å². The molecule has 0 radical (unpaired) electrons. The monoisotopic (exact) mass is 460 g/mol. The first-order valence-electron chi connectivity index (χ1n) is 10.5. The Hall–Kier alpha value is -3.75. The zero-order chi connectivity index (χ0) is 23.8. The number of benzene rings is 3. The quantitative estimate of drug-likeness (QED) is 0.310. The van der Waals surface area contributed by atoms with Crippen LogP contribution in [0.4, 0.5) is 5.69 Å². The molecule has 0 heterocycles. The molecule has 0 atom stereocenters. The summed E-state index contributed by atoms with van der Waals surface area (Å²) in [4.78, 5) is 12.3. The van der Waals surface area contributed by atoms with E-state index in [0.717, 1.165) is 16.7 Å². The Labute approximate surface area is 199 Å². The molecule has 0 unspecified atom stereocenters. The van der Waals surface area contributed by atoms with E-state index >= 15 is 0 Å². The summed E-state index contributed by atoms with van der Waals surface area (Å²) in [6, 6.07) is 20.9. The molecule has 0 fully saturated rings. The van der Waals surface area contributed by atoms with E-state index in [1.54, 1.807) is 18.2 Å². The number of rotatable bonds is 8. The van der Waals surface area contributed by atoms with E-state index in [-0.39, 0.29) is 23.3 Å². The number of nitrogens with zero attached hydrogens (tertiary/aromatic N) is 1. The second kappa shape index (κ2) is 11.2. The number of nitriles is 1. The van der Waals surface area contributed by atoms with Crippen molar-refractivity contribution in [3.63, 3.8) is 0 Å². The Kier molecular flexibility index (Phi) is 8.12. The Balaban J connectivity index is 1.80. The van der Waals surface area contributed by atoms with E-state index in [0.29, 0.717) is 29.2 Å². The fourth-order valence-electron chi connectivity index (χ4n) is 3.13. The van der Waals surface area contributed by atoms with E-state index in [4.69, 9.17) is 21.1 Å². The summed E-state index contributed by atoms with van der Waals surface area (Å²) in [5, 5.41) is 12.7. The molecular formula is C27H25ClN2O3. The van der Waals surface area contributed by atoms with E-state index in [9.17, 15) is 10.1 Å². The second-order valence-electron chi connectivity index (χ2n) is 7.50. The summed E-state index contributed by atoms with van der Waals surface area (Å²) < 4.78 is 11.4. The standard InChI is InChI=1S/C27H25ClN2O3/c1-4-32-25-15-20(13-22(16-29)21-9-5-18(2)6-10-21)14-24(28)27(25)33-17-26(31)30-23-11-7-19(3)8-12-23/h5-15H,4,17H2,1-3H3,(H,30,31)/b22-13-. The molecule has 3 rings (SSSR count). The molecule has 0 spiro atoms. The Morgan fingerprint density at radius 2 is 1.67 bits per heavy atom. The molecule has 0 aliphatic carbocycles. The number of allylic oxidation sites excluding steroid dienone is 1. The smallest absolute Gasteiger partial charge is 0.262 e. The lowest BCUT2D eigenvalue weighted by Gasteiger charge is -2.15. The van der Waals surface area contributed by atoms with Gasteiger partial charge in [0.2, 0.25) is 0 Å². The Morgan fingerprint density at radius 3 is 2.27 bits per heavy atom. The lowest BCUT2D eigenvalue weighted by Crippen LogP contribution is -2.20. The van der Waals surface area contributed by atoms with Gasteiger partial charge in [0.1, 0.15) is 0 Å². The molecule has 1 amide bonds. The van der Waals surface area contributed by atoms with Gasteiger partial charge in [0.25, 0.3) is 5.91 Å². The van der Waals surface area contributed by atoms with E-state index in [1.807, 2.05) is 69.3 Å². The van der Waals surface area contributed by atoms with Gasteiger partial charge in [0.15, 0.2) is 18.1 Å². The van der Waals surface area contributed by atoms with E-state index < -0.39 is 0 Å². The highest BCUT2D eigenvalue weighted by atomic mass is 35.5. The lowest BCUT2D eigenvalue weighted by atomic mass is 10.0. The van der Waals surface area contributed by atoms with E-state index in [2.05, 4.69) is 11.4 Å². The third-order valence-corrected chi connectivity index (χ3v) is 5.09. The molecule has 33 heavy (non-hydrogen) atoms. The number of ether oxygens (including phenoxy) is 2. The van der Waals surface area contributed by atoms with Gasteiger partial charge in [-0.1, -0.05) is 59.1 Å². The highest BCUT2D eigenvalue weighted by molar-refractivity contribution is 6.32. The summed E-state index contributed by atoms with van der Waals surface area (Å²) in [6.45, 7) is 5.98. The van der Waals surface area contributed by atoms with Gasteiger partial charge < -0.3 is 14.8 Å². The van der Waals surface area contributed by atoms with Gasteiger partial charge >= 0.3 is 0 Å². The molecule has 0 saturated heterocycles. The summed E-state index contributed by atoms with van der Waals surface area (Å²) >= 11 is 6.48. The molecule has 6 heteroatoms. The summed E-state index contributed by atoms with van der Waals surface area (Å²) in [5.41, 5.74) is 4.91. The Bertz CT molecular complexity index is 1190. The van der Waals surface area contributed by atoms with Crippen molar-refractivity contribution < 1.29 is 14.3 Å². The molecule has 168 valence electrons. The average Bonchev–Trinajstić information content (AvgIpc) is 2.79. The predicted molar refractivity (Wildman–Crippen MR) is 133 cm³/mol. The van der Waals surface area contributed by atoms with Crippen molar-refractivity contribution in [1.82, 2.24) is 0 Å². The number of carbonyl (C=O) groups is 1. The summed E-state index contributed by atoms with van der Waals surface area (Å²) in [5.74, 6) is 0.372. The minimum absolute atomic E-state index is 0.227. The first-order chi connectivity index (χ1) is 15.9. The summed E-state index contributed by atoms with van der Waals surface area (Å²) in [7, 11) is 0. The number of anilines is 1. The van der Waals surface area contributed by atoms with Gasteiger partial charge in [-0.15, -0.1) is 0 Å². The maximum atomic E-state index is 12.3. The molecule has 0 aliphatic heterocycles. The van der Waals surface area contributed by atoms with Gasteiger partial charge in [-0.05, 0) is 62.2 Å². The number of carbonyl (C=O) groups excluding carboxylic acids is 1. The van der Waals surface area contributed by atoms with Crippen molar-refractivity contribution in [2.24, 2.45) is 0 Å². The zero-order valence-electron chi connectivity index (χ0n) is 18.8. The minimum atomic E-state index is -0.313. The van der Waals surface area contributed by atoms with Crippen LogP contribution in [-0.2, 0) is 4.79 Å². The molecule has 1 N–H and O–H groups in total. The number of nitrogens with one attached hydrogen (secondary N) is 1.